The number of rotatable bonds is 3. The minimum atomic E-state index is -2.23. The first-order chi connectivity index (χ1) is 6.11. The first-order valence-electron chi connectivity index (χ1n) is 4.84. The Kier molecular flexibility index (Phi) is 4.06. The van der Waals surface area contributed by atoms with Crippen LogP contribution in [-0.2, 0) is 0 Å². The lowest BCUT2D eigenvalue weighted by atomic mass is 10.1. The second-order valence-corrected chi connectivity index (χ2v) is 3.99. The molecule has 1 N–H and O–H groups in total. The van der Waals surface area contributed by atoms with E-state index in [1.165, 1.54) is 0 Å². The molecule has 0 aromatic heterocycles. The lowest BCUT2D eigenvalue weighted by molar-refractivity contribution is 0.00728. The SMILES string of the molecule is CC(C)CN1CCNC[C@@H]1C(F)F. The summed E-state index contributed by atoms with van der Waals surface area (Å²) in [4.78, 5) is 1.89. The van der Waals surface area contributed by atoms with Crippen molar-refractivity contribution in [2.75, 3.05) is 26.2 Å². The maximum Gasteiger partial charge on any atom is 0.255 e. The van der Waals surface area contributed by atoms with Crippen LogP contribution in [0.4, 0.5) is 8.78 Å². The number of hydrogen-bond donors (Lipinski definition) is 1. The van der Waals surface area contributed by atoms with Crippen LogP contribution < -0.4 is 5.32 Å². The smallest absolute Gasteiger partial charge is 0.255 e. The van der Waals surface area contributed by atoms with E-state index in [-0.39, 0.29) is 0 Å². The van der Waals surface area contributed by atoms with Crippen molar-refractivity contribution in [3.05, 3.63) is 0 Å². The van der Waals surface area contributed by atoms with E-state index in [2.05, 4.69) is 19.2 Å². The van der Waals surface area contributed by atoms with Crippen LogP contribution in [0, 0.1) is 5.92 Å². The van der Waals surface area contributed by atoms with Crippen LogP contribution in [0.2, 0.25) is 0 Å². The highest BCUT2D eigenvalue weighted by Crippen LogP contribution is 2.13. The van der Waals surface area contributed by atoms with Crippen LogP contribution in [0.3, 0.4) is 0 Å². The Bertz CT molecular complexity index is 151. The molecule has 0 aromatic rings. The average Bonchev–Trinajstić information content (AvgIpc) is 2.03. The molecule has 1 atom stereocenters. The van der Waals surface area contributed by atoms with Gasteiger partial charge in [-0.15, -0.1) is 0 Å². The Hall–Kier alpha value is -0.220. The highest BCUT2D eigenvalue weighted by molar-refractivity contribution is 4.81. The number of alkyl halides is 2. The molecule has 78 valence electrons. The molecule has 1 aliphatic rings. The maximum atomic E-state index is 12.5. The molecule has 1 rings (SSSR count). The van der Waals surface area contributed by atoms with E-state index < -0.39 is 12.5 Å². The lowest BCUT2D eigenvalue weighted by Crippen LogP contribution is -2.55. The monoisotopic (exact) mass is 192 g/mol. The van der Waals surface area contributed by atoms with Gasteiger partial charge in [-0.25, -0.2) is 8.78 Å². The van der Waals surface area contributed by atoms with Crippen LogP contribution >= 0.6 is 0 Å². The minimum absolute atomic E-state index is 0.421. The number of piperazine rings is 1. The fourth-order valence-electron chi connectivity index (χ4n) is 1.71. The summed E-state index contributed by atoms with van der Waals surface area (Å²) in [6.07, 6.45) is -2.23. The van der Waals surface area contributed by atoms with Crippen molar-refractivity contribution in [3.8, 4) is 0 Å². The van der Waals surface area contributed by atoms with Gasteiger partial charge in [0.25, 0.3) is 6.43 Å². The molecule has 2 nitrogen and oxygen atoms in total. The molecule has 0 bridgehead atoms. The zero-order chi connectivity index (χ0) is 9.84. The van der Waals surface area contributed by atoms with E-state index in [1.807, 2.05) is 4.90 Å². The molecule has 0 amide bonds. The van der Waals surface area contributed by atoms with E-state index in [4.69, 9.17) is 0 Å². The summed E-state index contributed by atoms with van der Waals surface area (Å²) in [5, 5.41) is 3.00. The fraction of sp³-hybridized carbons (Fsp3) is 1.00. The number of hydrogen-bond acceptors (Lipinski definition) is 2. The van der Waals surface area contributed by atoms with Gasteiger partial charge in [0.15, 0.2) is 0 Å². The Morgan fingerprint density at radius 2 is 2.15 bits per heavy atom. The van der Waals surface area contributed by atoms with E-state index >= 15 is 0 Å². The summed E-state index contributed by atoms with van der Waals surface area (Å²) in [6.45, 7) is 6.89. The first kappa shape index (κ1) is 10.9. The number of nitrogens with zero attached hydrogens (tertiary/aromatic N) is 1. The molecule has 1 heterocycles. The summed E-state index contributed by atoms with van der Waals surface area (Å²) >= 11 is 0. The standard InChI is InChI=1S/C9H18F2N2/c1-7(2)6-13-4-3-12-5-8(13)9(10)11/h7-9,12H,3-6H2,1-2H3/t8-/m1/s1. The summed E-state index contributed by atoms with van der Waals surface area (Å²) in [7, 11) is 0. The van der Waals surface area contributed by atoms with Crippen molar-refractivity contribution < 1.29 is 8.78 Å². The highest BCUT2D eigenvalue weighted by Gasteiger charge is 2.29. The highest BCUT2D eigenvalue weighted by atomic mass is 19.3. The van der Waals surface area contributed by atoms with Crippen molar-refractivity contribution in [1.29, 1.82) is 0 Å². The van der Waals surface area contributed by atoms with Crippen LogP contribution in [-0.4, -0.2) is 43.5 Å². The largest absolute Gasteiger partial charge is 0.314 e. The molecule has 1 saturated heterocycles. The Labute approximate surface area is 78.3 Å². The summed E-state index contributed by atoms with van der Waals surface area (Å²) in [5.74, 6) is 0.458. The molecule has 1 aliphatic heterocycles. The second-order valence-electron chi connectivity index (χ2n) is 3.99. The van der Waals surface area contributed by atoms with E-state index in [9.17, 15) is 8.78 Å². The van der Waals surface area contributed by atoms with Gasteiger partial charge in [-0.1, -0.05) is 13.8 Å². The van der Waals surface area contributed by atoms with Gasteiger partial charge >= 0.3 is 0 Å². The maximum absolute atomic E-state index is 12.5. The first-order valence-corrected chi connectivity index (χ1v) is 4.84. The molecule has 4 heteroatoms. The molecule has 0 aliphatic carbocycles. The molecular formula is C9H18F2N2. The predicted molar refractivity (Wildman–Crippen MR) is 49.1 cm³/mol. The van der Waals surface area contributed by atoms with E-state index in [0.717, 1.165) is 19.6 Å². The van der Waals surface area contributed by atoms with Crippen LogP contribution in [0.5, 0.6) is 0 Å². The van der Waals surface area contributed by atoms with Gasteiger partial charge < -0.3 is 5.32 Å². The molecule has 0 unspecified atom stereocenters. The van der Waals surface area contributed by atoms with Crippen molar-refractivity contribution in [2.45, 2.75) is 26.3 Å². The van der Waals surface area contributed by atoms with Gasteiger partial charge in [-0.05, 0) is 5.92 Å². The van der Waals surface area contributed by atoms with E-state index in [0.29, 0.717) is 12.5 Å². The molecule has 0 aromatic carbocycles. The minimum Gasteiger partial charge on any atom is -0.314 e. The summed E-state index contributed by atoms with van der Waals surface area (Å²) in [5.41, 5.74) is 0. The fourth-order valence-corrected chi connectivity index (χ4v) is 1.71. The third-order valence-electron chi connectivity index (χ3n) is 2.29. The molecule has 0 spiro atoms. The third-order valence-corrected chi connectivity index (χ3v) is 2.29. The predicted octanol–water partition coefficient (Wildman–Crippen LogP) is 1.18. The molecule has 0 saturated carbocycles. The van der Waals surface area contributed by atoms with Crippen molar-refractivity contribution in [3.63, 3.8) is 0 Å². The zero-order valence-electron chi connectivity index (χ0n) is 8.26. The molecular weight excluding hydrogens is 174 g/mol. The second kappa shape index (κ2) is 4.86. The van der Waals surface area contributed by atoms with Gasteiger partial charge in [-0.2, -0.15) is 0 Å². The average molecular weight is 192 g/mol. The Morgan fingerprint density at radius 1 is 1.46 bits per heavy atom. The van der Waals surface area contributed by atoms with Crippen molar-refractivity contribution in [2.24, 2.45) is 5.92 Å². The number of halogens is 2. The quantitative estimate of drug-likeness (QED) is 0.722. The van der Waals surface area contributed by atoms with Crippen LogP contribution in [0.25, 0.3) is 0 Å². The Balaban J connectivity index is 2.46. The van der Waals surface area contributed by atoms with Gasteiger partial charge in [-0.3, -0.25) is 4.90 Å². The van der Waals surface area contributed by atoms with Gasteiger partial charge in [0.2, 0.25) is 0 Å². The van der Waals surface area contributed by atoms with Gasteiger partial charge in [0.05, 0.1) is 6.04 Å². The number of nitrogens with one attached hydrogen (secondary N) is 1. The molecule has 1 fully saturated rings. The van der Waals surface area contributed by atoms with E-state index in [1.54, 1.807) is 0 Å². The van der Waals surface area contributed by atoms with Crippen molar-refractivity contribution >= 4 is 0 Å². The summed E-state index contributed by atoms with van der Waals surface area (Å²) < 4.78 is 25.1. The third kappa shape index (κ3) is 3.19. The normalized spacial score (nSPS) is 25.8. The van der Waals surface area contributed by atoms with Crippen molar-refractivity contribution in [1.82, 2.24) is 10.2 Å². The van der Waals surface area contributed by atoms with Gasteiger partial charge in [0.1, 0.15) is 0 Å². The van der Waals surface area contributed by atoms with Gasteiger partial charge in [0, 0.05) is 26.2 Å². The molecule has 13 heavy (non-hydrogen) atoms. The van der Waals surface area contributed by atoms with Crippen LogP contribution in [0.15, 0.2) is 0 Å². The lowest BCUT2D eigenvalue weighted by Gasteiger charge is -2.36. The Morgan fingerprint density at radius 3 is 2.69 bits per heavy atom. The molecule has 0 radical (unpaired) electrons. The topological polar surface area (TPSA) is 15.3 Å². The van der Waals surface area contributed by atoms with Crippen LogP contribution in [0.1, 0.15) is 13.8 Å². The summed E-state index contributed by atoms with van der Waals surface area (Å²) in [6, 6.07) is -0.587. The zero-order valence-corrected chi connectivity index (χ0v) is 8.26.